The van der Waals surface area contributed by atoms with Gasteiger partial charge in [0.2, 0.25) is 0 Å². The van der Waals surface area contributed by atoms with Crippen molar-refractivity contribution in [1.29, 1.82) is 0 Å². The molecule has 2 aromatic heterocycles. The average molecular weight is 189 g/mol. The molecule has 4 nitrogen and oxygen atoms in total. The Balaban J connectivity index is 2.31. The van der Waals surface area contributed by atoms with Gasteiger partial charge in [0.05, 0.1) is 6.26 Å². The topological polar surface area (TPSA) is 51.0 Å². The molecule has 1 unspecified atom stereocenters. The molecule has 0 saturated heterocycles. The first-order valence-electron chi connectivity index (χ1n) is 4.39. The van der Waals surface area contributed by atoms with E-state index in [1.807, 2.05) is 19.2 Å². The maximum absolute atomic E-state index is 5.30. The molecule has 0 spiro atoms. The molecule has 0 radical (unpaired) electrons. The zero-order chi connectivity index (χ0) is 9.80. The predicted molar refractivity (Wildman–Crippen MR) is 51.6 cm³/mol. The molecular formula is C10H11N3O. The van der Waals surface area contributed by atoms with E-state index in [2.05, 4.69) is 15.3 Å². The first-order valence-corrected chi connectivity index (χ1v) is 4.39. The van der Waals surface area contributed by atoms with E-state index in [-0.39, 0.29) is 6.04 Å². The molecule has 0 aromatic carbocycles. The van der Waals surface area contributed by atoms with Crippen molar-refractivity contribution in [1.82, 2.24) is 15.3 Å². The van der Waals surface area contributed by atoms with Gasteiger partial charge in [0.15, 0.2) is 5.82 Å². The van der Waals surface area contributed by atoms with Crippen LogP contribution < -0.4 is 5.32 Å². The summed E-state index contributed by atoms with van der Waals surface area (Å²) in [6.45, 7) is 0. The molecule has 0 amide bonds. The van der Waals surface area contributed by atoms with Gasteiger partial charge >= 0.3 is 0 Å². The fourth-order valence-electron chi connectivity index (χ4n) is 1.31. The number of rotatable bonds is 3. The molecule has 14 heavy (non-hydrogen) atoms. The van der Waals surface area contributed by atoms with Gasteiger partial charge in [0.1, 0.15) is 11.8 Å². The maximum atomic E-state index is 5.30. The van der Waals surface area contributed by atoms with Crippen LogP contribution in [0.1, 0.15) is 17.6 Å². The summed E-state index contributed by atoms with van der Waals surface area (Å²) in [7, 11) is 1.85. The first-order chi connectivity index (χ1) is 6.92. The van der Waals surface area contributed by atoms with Crippen LogP contribution in [0.4, 0.5) is 0 Å². The Morgan fingerprint density at radius 2 is 2.07 bits per heavy atom. The summed E-state index contributed by atoms with van der Waals surface area (Å²) in [5.41, 5.74) is 0. The van der Waals surface area contributed by atoms with Crippen LogP contribution in [-0.2, 0) is 0 Å². The molecule has 0 bridgehead atoms. The van der Waals surface area contributed by atoms with Gasteiger partial charge < -0.3 is 9.73 Å². The summed E-state index contributed by atoms with van der Waals surface area (Å²) < 4.78 is 5.30. The van der Waals surface area contributed by atoms with Crippen LogP contribution >= 0.6 is 0 Å². The van der Waals surface area contributed by atoms with E-state index < -0.39 is 0 Å². The minimum atomic E-state index is -0.0776. The van der Waals surface area contributed by atoms with Crippen molar-refractivity contribution in [2.75, 3.05) is 7.05 Å². The summed E-state index contributed by atoms with van der Waals surface area (Å²) in [6, 6.07) is 5.46. The first kappa shape index (κ1) is 8.90. The number of furan rings is 1. The molecule has 1 N–H and O–H groups in total. The Morgan fingerprint density at radius 1 is 1.29 bits per heavy atom. The van der Waals surface area contributed by atoms with E-state index in [4.69, 9.17) is 4.42 Å². The SMILES string of the molecule is CNC(c1ncccn1)c1ccco1. The summed E-state index contributed by atoms with van der Waals surface area (Å²) in [5, 5.41) is 3.10. The third kappa shape index (κ3) is 1.65. The van der Waals surface area contributed by atoms with Crippen LogP contribution in [0.25, 0.3) is 0 Å². The van der Waals surface area contributed by atoms with Crippen molar-refractivity contribution in [3.63, 3.8) is 0 Å². The van der Waals surface area contributed by atoms with E-state index in [0.717, 1.165) is 5.76 Å². The van der Waals surface area contributed by atoms with Gasteiger partial charge in [-0.2, -0.15) is 0 Å². The molecule has 2 aromatic rings. The predicted octanol–water partition coefficient (Wildman–Crippen LogP) is 1.38. The van der Waals surface area contributed by atoms with Crippen molar-refractivity contribution in [2.45, 2.75) is 6.04 Å². The number of nitrogens with one attached hydrogen (secondary N) is 1. The van der Waals surface area contributed by atoms with Crippen LogP contribution in [0.2, 0.25) is 0 Å². The van der Waals surface area contributed by atoms with Gasteiger partial charge in [-0.25, -0.2) is 9.97 Å². The maximum Gasteiger partial charge on any atom is 0.152 e. The third-order valence-electron chi connectivity index (χ3n) is 1.96. The Bertz CT molecular complexity index is 372. The Labute approximate surface area is 82.0 Å². The molecule has 0 aliphatic carbocycles. The molecule has 0 aliphatic rings. The molecule has 2 heterocycles. The van der Waals surface area contributed by atoms with Gasteiger partial charge in [-0.05, 0) is 25.2 Å². The summed E-state index contributed by atoms with van der Waals surface area (Å²) >= 11 is 0. The normalized spacial score (nSPS) is 12.6. The smallest absolute Gasteiger partial charge is 0.152 e. The largest absolute Gasteiger partial charge is 0.467 e. The van der Waals surface area contributed by atoms with Gasteiger partial charge in [0.25, 0.3) is 0 Å². The molecule has 4 heteroatoms. The highest BCUT2D eigenvalue weighted by molar-refractivity contribution is 5.13. The van der Waals surface area contributed by atoms with E-state index in [1.165, 1.54) is 0 Å². The second-order valence-electron chi connectivity index (χ2n) is 2.84. The number of nitrogens with zero attached hydrogens (tertiary/aromatic N) is 2. The summed E-state index contributed by atoms with van der Waals surface area (Å²) in [5.74, 6) is 1.53. The lowest BCUT2D eigenvalue weighted by atomic mass is 10.2. The Kier molecular flexibility index (Phi) is 2.55. The van der Waals surface area contributed by atoms with Crippen LogP contribution in [0.15, 0.2) is 41.3 Å². The highest BCUT2D eigenvalue weighted by Crippen LogP contribution is 2.17. The Hall–Kier alpha value is -1.68. The van der Waals surface area contributed by atoms with Crippen molar-refractivity contribution in [3.05, 3.63) is 48.4 Å². The van der Waals surface area contributed by atoms with E-state index >= 15 is 0 Å². The zero-order valence-corrected chi connectivity index (χ0v) is 7.84. The second-order valence-corrected chi connectivity index (χ2v) is 2.84. The van der Waals surface area contributed by atoms with Gasteiger partial charge in [-0.1, -0.05) is 0 Å². The van der Waals surface area contributed by atoms with Crippen LogP contribution in [-0.4, -0.2) is 17.0 Å². The highest BCUT2D eigenvalue weighted by atomic mass is 16.3. The van der Waals surface area contributed by atoms with Gasteiger partial charge in [-0.15, -0.1) is 0 Å². The van der Waals surface area contributed by atoms with Crippen molar-refractivity contribution >= 4 is 0 Å². The van der Waals surface area contributed by atoms with E-state index in [0.29, 0.717) is 5.82 Å². The summed E-state index contributed by atoms with van der Waals surface area (Å²) in [6.07, 6.45) is 5.08. The van der Waals surface area contributed by atoms with Crippen LogP contribution in [0.5, 0.6) is 0 Å². The average Bonchev–Trinajstić information content (AvgIpc) is 2.74. The molecule has 0 aliphatic heterocycles. The molecule has 2 rings (SSSR count). The minimum absolute atomic E-state index is 0.0776. The fraction of sp³-hybridized carbons (Fsp3) is 0.200. The van der Waals surface area contributed by atoms with Crippen LogP contribution in [0, 0.1) is 0 Å². The lowest BCUT2D eigenvalue weighted by molar-refractivity contribution is 0.453. The van der Waals surface area contributed by atoms with Gasteiger partial charge in [-0.3, -0.25) is 0 Å². The molecular weight excluding hydrogens is 178 g/mol. The monoisotopic (exact) mass is 189 g/mol. The molecule has 0 fully saturated rings. The number of hydrogen-bond acceptors (Lipinski definition) is 4. The van der Waals surface area contributed by atoms with E-state index in [9.17, 15) is 0 Å². The van der Waals surface area contributed by atoms with Gasteiger partial charge in [0, 0.05) is 12.4 Å². The summed E-state index contributed by atoms with van der Waals surface area (Å²) in [4.78, 5) is 8.34. The van der Waals surface area contributed by atoms with Crippen molar-refractivity contribution in [2.24, 2.45) is 0 Å². The lowest BCUT2D eigenvalue weighted by Gasteiger charge is -2.10. The van der Waals surface area contributed by atoms with E-state index in [1.54, 1.807) is 24.7 Å². The van der Waals surface area contributed by atoms with Crippen LogP contribution in [0.3, 0.4) is 0 Å². The number of hydrogen-bond donors (Lipinski definition) is 1. The Morgan fingerprint density at radius 3 is 2.64 bits per heavy atom. The highest BCUT2D eigenvalue weighted by Gasteiger charge is 2.16. The quantitative estimate of drug-likeness (QED) is 0.792. The zero-order valence-electron chi connectivity index (χ0n) is 7.84. The van der Waals surface area contributed by atoms with Crippen molar-refractivity contribution < 1.29 is 4.42 Å². The molecule has 0 saturated carbocycles. The standard InChI is InChI=1S/C10H11N3O/c1-11-9(8-4-2-7-14-8)10-12-5-3-6-13-10/h2-7,9,11H,1H3. The lowest BCUT2D eigenvalue weighted by Crippen LogP contribution is -2.19. The second kappa shape index (κ2) is 4.02. The fourth-order valence-corrected chi connectivity index (χ4v) is 1.31. The molecule has 72 valence electrons. The third-order valence-corrected chi connectivity index (χ3v) is 1.96. The molecule has 1 atom stereocenters. The number of aromatic nitrogens is 2. The minimum Gasteiger partial charge on any atom is -0.467 e. The van der Waals surface area contributed by atoms with Crippen molar-refractivity contribution in [3.8, 4) is 0 Å².